The number of benzene rings is 1. The number of alkyl halides is 3. The lowest BCUT2D eigenvalue weighted by atomic mass is 10.2. The Morgan fingerprint density at radius 3 is 1.71 bits per heavy atom. The molecule has 0 atom stereocenters. The summed E-state index contributed by atoms with van der Waals surface area (Å²) in [5.41, 5.74) is 4.55. The van der Waals surface area contributed by atoms with Gasteiger partial charge in [-0.2, -0.15) is 13.2 Å². The molecule has 1 rings (SSSR count). The molecule has 17 heavy (non-hydrogen) atoms. The second-order valence-electron chi connectivity index (χ2n) is 2.74. The van der Waals surface area contributed by atoms with E-state index < -0.39 is 11.9 Å². The maximum atomic E-state index is 11.2. The first kappa shape index (κ1) is 18.3. The standard InChI is InChI=1S/C7H8.C3H4F3NS.C2H6/c1-7-5-3-2-4-6-7;4-3(5,6)2(7)1-8;1-2/h2-6H,1H3;1,8H,7H2;1-2H3/b;2-1-;. The molecule has 0 bridgehead atoms. The lowest BCUT2D eigenvalue weighted by Gasteiger charge is -2.02. The molecular formula is C12H18F3NS. The summed E-state index contributed by atoms with van der Waals surface area (Å²) < 4.78 is 33.6. The van der Waals surface area contributed by atoms with Crippen molar-refractivity contribution in [2.24, 2.45) is 5.73 Å². The van der Waals surface area contributed by atoms with Crippen molar-refractivity contribution in [1.29, 1.82) is 0 Å². The van der Waals surface area contributed by atoms with Crippen LogP contribution in [-0.4, -0.2) is 6.18 Å². The third kappa shape index (κ3) is 11.2. The molecule has 0 saturated heterocycles. The molecule has 0 aliphatic heterocycles. The molecule has 0 heterocycles. The molecule has 0 saturated carbocycles. The zero-order chi connectivity index (χ0) is 13.9. The van der Waals surface area contributed by atoms with Gasteiger partial charge in [-0.05, 0) is 12.3 Å². The molecule has 0 spiro atoms. The van der Waals surface area contributed by atoms with Crippen LogP contribution in [0.2, 0.25) is 0 Å². The zero-order valence-corrected chi connectivity index (χ0v) is 11.0. The number of allylic oxidation sites excluding steroid dienone is 1. The van der Waals surface area contributed by atoms with Crippen LogP contribution in [0.4, 0.5) is 13.2 Å². The number of rotatable bonds is 0. The van der Waals surface area contributed by atoms with Crippen molar-refractivity contribution in [3.8, 4) is 0 Å². The quantitative estimate of drug-likeness (QED) is 0.672. The van der Waals surface area contributed by atoms with E-state index in [-0.39, 0.29) is 0 Å². The minimum atomic E-state index is -4.43. The summed E-state index contributed by atoms with van der Waals surface area (Å²) in [4.78, 5) is 0. The van der Waals surface area contributed by atoms with Crippen LogP contribution in [0.15, 0.2) is 41.4 Å². The Morgan fingerprint density at radius 1 is 1.18 bits per heavy atom. The van der Waals surface area contributed by atoms with Gasteiger partial charge >= 0.3 is 6.18 Å². The van der Waals surface area contributed by atoms with Crippen molar-refractivity contribution < 1.29 is 13.2 Å². The maximum Gasteiger partial charge on any atom is 0.431 e. The highest BCUT2D eigenvalue weighted by molar-refractivity contribution is 7.83. The molecule has 1 aromatic rings. The summed E-state index contributed by atoms with van der Waals surface area (Å²) in [7, 11) is 0. The van der Waals surface area contributed by atoms with Gasteiger partial charge in [-0.15, -0.1) is 12.6 Å². The molecule has 0 radical (unpaired) electrons. The predicted molar refractivity (Wildman–Crippen MR) is 69.8 cm³/mol. The molecule has 1 nitrogen and oxygen atoms in total. The molecule has 2 N–H and O–H groups in total. The number of hydrogen-bond donors (Lipinski definition) is 2. The fourth-order valence-electron chi connectivity index (χ4n) is 0.608. The van der Waals surface area contributed by atoms with E-state index >= 15 is 0 Å². The van der Waals surface area contributed by atoms with Crippen LogP contribution >= 0.6 is 12.6 Å². The Hall–Kier alpha value is -1.10. The van der Waals surface area contributed by atoms with Gasteiger partial charge in [0, 0.05) is 0 Å². The van der Waals surface area contributed by atoms with Crippen molar-refractivity contribution in [1.82, 2.24) is 0 Å². The third-order valence-corrected chi connectivity index (χ3v) is 1.69. The van der Waals surface area contributed by atoms with Gasteiger partial charge < -0.3 is 5.73 Å². The Balaban J connectivity index is 0. The van der Waals surface area contributed by atoms with Crippen molar-refractivity contribution in [2.75, 3.05) is 0 Å². The topological polar surface area (TPSA) is 26.0 Å². The molecule has 5 heteroatoms. The average Bonchev–Trinajstić information content (AvgIpc) is 2.31. The molecule has 0 unspecified atom stereocenters. The van der Waals surface area contributed by atoms with E-state index in [9.17, 15) is 13.2 Å². The smallest absolute Gasteiger partial charge is 0.394 e. The Morgan fingerprint density at radius 2 is 1.59 bits per heavy atom. The fourth-order valence-corrected chi connectivity index (χ4v) is 0.754. The number of halogens is 3. The van der Waals surface area contributed by atoms with Gasteiger partial charge in [-0.1, -0.05) is 49.7 Å². The van der Waals surface area contributed by atoms with Crippen molar-refractivity contribution in [2.45, 2.75) is 26.9 Å². The lowest BCUT2D eigenvalue weighted by Crippen LogP contribution is -2.18. The van der Waals surface area contributed by atoms with Gasteiger partial charge in [0.1, 0.15) is 5.70 Å². The van der Waals surface area contributed by atoms with Gasteiger partial charge in [0.2, 0.25) is 0 Å². The Bertz CT molecular complexity index is 307. The SMILES string of the molecule is CC.Cc1ccccc1.N/C(=C\S)C(F)(F)F. The number of thiol groups is 1. The second kappa shape index (κ2) is 10.1. The van der Waals surface area contributed by atoms with Gasteiger partial charge in [0.25, 0.3) is 0 Å². The monoisotopic (exact) mass is 265 g/mol. The highest BCUT2D eigenvalue weighted by Gasteiger charge is 2.30. The van der Waals surface area contributed by atoms with Crippen LogP contribution < -0.4 is 5.73 Å². The molecule has 98 valence electrons. The number of nitrogens with two attached hydrogens (primary N) is 1. The Kier molecular flexibility index (Phi) is 10.8. The number of aryl methyl sites for hydroxylation is 1. The van der Waals surface area contributed by atoms with Crippen LogP contribution in [0.3, 0.4) is 0 Å². The summed E-state index contributed by atoms with van der Waals surface area (Å²) in [5, 5.41) is 0.514. The van der Waals surface area contributed by atoms with Crippen LogP contribution in [-0.2, 0) is 0 Å². The first-order valence-corrected chi connectivity index (χ1v) is 5.58. The van der Waals surface area contributed by atoms with Crippen LogP contribution in [0.1, 0.15) is 19.4 Å². The van der Waals surface area contributed by atoms with Gasteiger partial charge in [0.05, 0.1) is 0 Å². The molecule has 1 aromatic carbocycles. The van der Waals surface area contributed by atoms with E-state index in [1.807, 2.05) is 32.0 Å². The first-order chi connectivity index (χ1) is 7.88. The summed E-state index contributed by atoms with van der Waals surface area (Å²) >= 11 is 3.20. The summed E-state index contributed by atoms with van der Waals surface area (Å²) in [6, 6.07) is 10.3. The van der Waals surface area contributed by atoms with E-state index in [1.165, 1.54) is 5.56 Å². The van der Waals surface area contributed by atoms with Crippen LogP contribution in [0, 0.1) is 6.92 Å². The molecule has 0 aliphatic rings. The first-order valence-electron chi connectivity index (χ1n) is 5.06. The molecular weight excluding hydrogens is 247 g/mol. The molecule has 0 amide bonds. The summed E-state index contributed by atoms with van der Waals surface area (Å²) in [5.74, 6) is 0. The minimum Gasteiger partial charge on any atom is -0.394 e. The lowest BCUT2D eigenvalue weighted by molar-refractivity contribution is -0.0924. The second-order valence-corrected chi connectivity index (χ2v) is 3.00. The molecule has 0 aliphatic carbocycles. The fraction of sp³-hybridized carbons (Fsp3) is 0.333. The summed E-state index contributed by atoms with van der Waals surface area (Å²) in [6.45, 7) is 6.08. The van der Waals surface area contributed by atoms with Crippen LogP contribution in [0.25, 0.3) is 0 Å². The predicted octanol–water partition coefficient (Wildman–Crippen LogP) is 4.30. The van der Waals surface area contributed by atoms with E-state index in [4.69, 9.17) is 0 Å². The Labute approximate surface area is 106 Å². The van der Waals surface area contributed by atoms with Crippen molar-refractivity contribution in [3.63, 3.8) is 0 Å². The largest absolute Gasteiger partial charge is 0.431 e. The highest BCUT2D eigenvalue weighted by atomic mass is 32.1. The van der Waals surface area contributed by atoms with Crippen molar-refractivity contribution >= 4 is 12.6 Å². The van der Waals surface area contributed by atoms with E-state index in [0.717, 1.165) is 0 Å². The summed E-state index contributed by atoms with van der Waals surface area (Å²) in [6.07, 6.45) is -4.43. The number of hydrogen-bond acceptors (Lipinski definition) is 2. The molecule has 0 fully saturated rings. The van der Waals surface area contributed by atoms with E-state index in [1.54, 1.807) is 0 Å². The normalized spacial score (nSPS) is 10.6. The van der Waals surface area contributed by atoms with Gasteiger partial charge in [-0.25, -0.2) is 0 Å². The van der Waals surface area contributed by atoms with E-state index in [0.29, 0.717) is 5.41 Å². The maximum absolute atomic E-state index is 11.2. The minimum absolute atomic E-state index is 0.514. The highest BCUT2D eigenvalue weighted by Crippen LogP contribution is 2.21. The van der Waals surface area contributed by atoms with Crippen LogP contribution in [0.5, 0.6) is 0 Å². The zero-order valence-electron chi connectivity index (χ0n) is 10.1. The average molecular weight is 265 g/mol. The van der Waals surface area contributed by atoms with Gasteiger partial charge in [-0.3, -0.25) is 0 Å². The van der Waals surface area contributed by atoms with Gasteiger partial charge in [0.15, 0.2) is 0 Å². The van der Waals surface area contributed by atoms with E-state index in [2.05, 4.69) is 37.4 Å². The molecule has 0 aromatic heterocycles. The van der Waals surface area contributed by atoms with Crippen molar-refractivity contribution in [3.05, 3.63) is 47.0 Å². The third-order valence-electron chi connectivity index (χ3n) is 1.41.